The molecule has 2 saturated heterocycles. The number of unbranched alkanes of at least 4 members (excludes halogenated alkanes) is 3. The van der Waals surface area contributed by atoms with E-state index in [0.717, 1.165) is 78.9 Å². The van der Waals surface area contributed by atoms with Gasteiger partial charge in [-0.25, -0.2) is 0 Å². The number of hydrogen-bond acceptors (Lipinski definition) is 24. The van der Waals surface area contributed by atoms with E-state index in [1.165, 1.54) is 0 Å². The van der Waals surface area contributed by atoms with Gasteiger partial charge in [0.2, 0.25) is 0 Å². The Morgan fingerprint density at radius 1 is 0.433 bits per heavy atom. The molecule has 0 bridgehead atoms. The summed E-state index contributed by atoms with van der Waals surface area (Å²) in [5.74, 6) is -6.08. The van der Waals surface area contributed by atoms with Gasteiger partial charge in [-0.1, -0.05) is 46.7 Å². The summed E-state index contributed by atoms with van der Waals surface area (Å²) in [6.45, 7) is 8.05. The molecule has 2 fully saturated rings. The minimum absolute atomic E-state index is 0.132. The van der Waals surface area contributed by atoms with Crippen molar-refractivity contribution in [1.82, 2.24) is 0 Å². The van der Waals surface area contributed by atoms with Gasteiger partial charge in [0.15, 0.2) is 36.6 Å². The Morgan fingerprint density at radius 2 is 0.717 bits per heavy atom. The molecule has 2 rings (SSSR count). The molecule has 2 aliphatic heterocycles. The highest BCUT2D eigenvalue weighted by Gasteiger charge is 2.54. The van der Waals surface area contributed by atoms with Gasteiger partial charge in [0, 0.05) is 55.4 Å². The Balaban J connectivity index is 2.14. The first-order chi connectivity index (χ1) is 28.2. The molecule has 0 saturated carbocycles. The van der Waals surface area contributed by atoms with E-state index >= 15 is 0 Å². The van der Waals surface area contributed by atoms with Crippen LogP contribution in [0, 0.1) is 0 Å². The summed E-state index contributed by atoms with van der Waals surface area (Å²) in [5, 5.41) is 26.8. The van der Waals surface area contributed by atoms with Crippen LogP contribution in [0.15, 0.2) is 10.3 Å². The van der Waals surface area contributed by atoms with Crippen LogP contribution < -0.4 is 0 Å². The number of thioether (sulfide) groups is 2. The Bertz CT molecular complexity index is 1480. The van der Waals surface area contributed by atoms with E-state index in [2.05, 4.69) is 10.3 Å². The molecule has 0 aromatic carbocycles. The van der Waals surface area contributed by atoms with Crippen molar-refractivity contribution in [2.75, 3.05) is 13.2 Å². The van der Waals surface area contributed by atoms with Crippen molar-refractivity contribution in [3.63, 3.8) is 0 Å². The van der Waals surface area contributed by atoms with Crippen LogP contribution in [0.5, 0.6) is 0 Å². The third-order valence-electron chi connectivity index (χ3n) is 8.16. The Kier molecular flexibility index (Phi) is 22.2. The van der Waals surface area contributed by atoms with E-state index in [9.17, 15) is 48.8 Å². The van der Waals surface area contributed by atoms with Crippen molar-refractivity contribution in [2.45, 2.75) is 154 Å². The zero-order valence-electron chi connectivity index (χ0n) is 34.4. The van der Waals surface area contributed by atoms with E-state index in [-0.39, 0.29) is 22.9 Å². The second-order valence-electron chi connectivity index (χ2n) is 13.3. The molecule has 2 aliphatic rings. The fourth-order valence-electron chi connectivity index (χ4n) is 6.01. The molecule has 60 heavy (non-hydrogen) atoms. The van der Waals surface area contributed by atoms with Crippen LogP contribution in [-0.2, 0) is 85.7 Å². The number of esters is 8. The lowest BCUT2D eigenvalue weighted by molar-refractivity contribution is -0.237. The lowest BCUT2D eigenvalue weighted by atomic mass is 9.99. The predicted octanol–water partition coefficient (Wildman–Crippen LogP) is 2.54. The first-order valence-corrected chi connectivity index (χ1v) is 20.4. The van der Waals surface area contributed by atoms with Gasteiger partial charge in [-0.05, 0) is 25.7 Å². The molecule has 0 aromatic heterocycles. The molecule has 22 nitrogen and oxygen atoms in total. The largest absolute Gasteiger partial charge is 0.463 e. The highest BCUT2D eigenvalue weighted by Crippen LogP contribution is 2.37. The fourth-order valence-corrected chi connectivity index (χ4v) is 8.25. The van der Waals surface area contributed by atoms with Crippen LogP contribution in [0.3, 0.4) is 0 Å². The number of carbonyl (C=O) groups is 8. The highest BCUT2D eigenvalue weighted by atomic mass is 32.2. The number of nitrogens with zero attached hydrogens (tertiary/aromatic N) is 2. The van der Waals surface area contributed by atoms with Crippen LogP contribution >= 0.6 is 23.5 Å². The summed E-state index contributed by atoms with van der Waals surface area (Å²) >= 11 is 1.70. The van der Waals surface area contributed by atoms with Crippen LogP contribution in [0.25, 0.3) is 0 Å². The predicted molar refractivity (Wildman–Crippen MR) is 205 cm³/mol. The summed E-state index contributed by atoms with van der Waals surface area (Å²) in [7, 11) is 0. The molecular weight excluding hydrogens is 845 g/mol. The number of rotatable bonds is 19. The average Bonchev–Trinajstić information content (AvgIpc) is 3.13. The van der Waals surface area contributed by atoms with Crippen LogP contribution in [0.2, 0.25) is 0 Å². The van der Waals surface area contributed by atoms with Gasteiger partial charge < -0.3 is 57.8 Å². The molecule has 0 spiro atoms. The van der Waals surface area contributed by atoms with Crippen LogP contribution in [-0.4, -0.2) is 141 Å². The van der Waals surface area contributed by atoms with E-state index in [4.69, 9.17) is 47.4 Å². The van der Waals surface area contributed by atoms with Crippen LogP contribution in [0.1, 0.15) is 93.9 Å². The molecule has 2 heterocycles. The third kappa shape index (κ3) is 17.9. The fraction of sp³-hybridized carbons (Fsp3) is 0.722. The lowest BCUT2D eigenvalue weighted by Gasteiger charge is -2.44. The topological polar surface area (TPSA) is 294 Å². The molecule has 2 N–H and O–H groups in total. The summed E-state index contributed by atoms with van der Waals surface area (Å²) < 4.78 is 54.9. The maximum atomic E-state index is 12.2. The number of carbonyl (C=O) groups excluding carboxylic acids is 8. The second kappa shape index (κ2) is 25.8. The van der Waals surface area contributed by atoms with Crippen molar-refractivity contribution in [3.05, 3.63) is 0 Å². The zero-order chi connectivity index (χ0) is 45.1. The molecule has 0 amide bonds. The standard InChI is InChI=1S/C36H52N2O20S2/c1-17(39)49-15-25-29(51-19(3)41)31(53-21(5)43)33(55-23(7)45)35(57-25)59-27(37-47)13-11-9-10-12-14-28(38-48)60-36-34(56-24(8)46)32(54-22(6)44)30(52-20(4)42)26(58-36)16-50-18(2)40/h25-26,29-36,47-48H,9-16H2,1-8H3/b37-27-,38-28-/t25-,26-,29-,30-,31+,32+,33-,34-,35+,36+/m1/s1. The quantitative estimate of drug-likeness (QED) is 0.0358. The Morgan fingerprint density at radius 3 is 0.983 bits per heavy atom. The van der Waals surface area contributed by atoms with Crippen molar-refractivity contribution < 1.29 is 96.1 Å². The van der Waals surface area contributed by atoms with Gasteiger partial charge in [-0.15, -0.1) is 0 Å². The number of ether oxygens (including phenoxy) is 10. The second-order valence-corrected chi connectivity index (χ2v) is 15.6. The third-order valence-corrected chi connectivity index (χ3v) is 10.5. The van der Waals surface area contributed by atoms with E-state index in [0.29, 0.717) is 25.7 Å². The van der Waals surface area contributed by atoms with Gasteiger partial charge in [-0.3, -0.25) is 38.4 Å². The molecule has 0 aliphatic carbocycles. The summed E-state index contributed by atoms with van der Waals surface area (Å²) in [6.07, 6.45) is -8.17. The Labute approximate surface area is 353 Å². The molecule has 0 radical (unpaired) electrons. The minimum Gasteiger partial charge on any atom is -0.463 e. The molecule has 0 unspecified atom stereocenters. The van der Waals surface area contributed by atoms with E-state index in [1.54, 1.807) is 0 Å². The smallest absolute Gasteiger partial charge is 0.303 e. The van der Waals surface area contributed by atoms with Crippen molar-refractivity contribution in [3.8, 4) is 0 Å². The summed E-state index contributed by atoms with van der Waals surface area (Å²) in [5.41, 5.74) is -2.37. The van der Waals surface area contributed by atoms with E-state index in [1.807, 2.05) is 0 Å². The van der Waals surface area contributed by atoms with Crippen molar-refractivity contribution in [1.29, 1.82) is 0 Å². The molecule has 0 aromatic rings. The molecular formula is C36H52N2O20S2. The first kappa shape index (κ1) is 51.5. The SMILES string of the molecule is CC(=O)OC[C@H]1O[C@@H](S/C(CCCCCC/C(=N/O)S[C@@H]2O[C@H](COC(C)=O)[C@@H](OC(C)=O)[C@H](OC(C)=O)[C@H]2OC(C)=O)=N\O)[C@H](OC(C)=O)[C@@H](OC(C)=O)[C@@H]1OC(C)=O. The van der Waals surface area contributed by atoms with E-state index < -0.39 is 121 Å². The minimum atomic E-state index is -1.40. The monoisotopic (exact) mass is 896 g/mol. The first-order valence-electron chi connectivity index (χ1n) is 18.6. The maximum absolute atomic E-state index is 12.2. The summed E-state index contributed by atoms with van der Waals surface area (Å²) in [4.78, 5) is 95.9. The normalized spacial score (nSPS) is 26.7. The highest BCUT2D eigenvalue weighted by molar-refractivity contribution is 8.14. The molecule has 10 atom stereocenters. The van der Waals surface area contributed by atoms with Crippen molar-refractivity contribution >= 4 is 81.4 Å². The van der Waals surface area contributed by atoms with Gasteiger partial charge in [0.25, 0.3) is 0 Å². The zero-order valence-corrected chi connectivity index (χ0v) is 36.0. The lowest BCUT2D eigenvalue weighted by Crippen LogP contribution is -2.61. The number of hydrogen-bond donors (Lipinski definition) is 2. The summed E-state index contributed by atoms with van der Waals surface area (Å²) in [6, 6.07) is 0. The molecule has 24 heteroatoms. The van der Waals surface area contributed by atoms with Gasteiger partial charge in [0.1, 0.15) is 46.4 Å². The average molecular weight is 897 g/mol. The van der Waals surface area contributed by atoms with Crippen LogP contribution in [0.4, 0.5) is 0 Å². The number of oxime groups is 2. The van der Waals surface area contributed by atoms with Gasteiger partial charge in [-0.2, -0.15) is 0 Å². The molecule has 338 valence electrons. The van der Waals surface area contributed by atoms with Crippen molar-refractivity contribution in [2.24, 2.45) is 10.3 Å². The van der Waals surface area contributed by atoms with Gasteiger partial charge in [0.05, 0.1) is 0 Å². The Hall–Kier alpha value is -4.68. The van der Waals surface area contributed by atoms with Gasteiger partial charge >= 0.3 is 47.8 Å². The maximum Gasteiger partial charge on any atom is 0.303 e.